The first-order valence-electron chi connectivity index (χ1n) is 7.13. The Bertz CT molecular complexity index is 751. The van der Waals surface area contributed by atoms with E-state index >= 15 is 0 Å². The number of methoxy groups -OCH3 is 1. The summed E-state index contributed by atoms with van der Waals surface area (Å²) in [7, 11) is 5.48. The topological polar surface area (TPSA) is 53.3 Å². The van der Waals surface area contributed by atoms with Crippen molar-refractivity contribution >= 4 is 17.5 Å². The molecular formula is C19H18N2O2. The molecule has 0 aromatic heterocycles. The molecule has 0 fully saturated rings. The second kappa shape index (κ2) is 7.28. The first kappa shape index (κ1) is 16.3. The van der Waals surface area contributed by atoms with Gasteiger partial charge in [-0.1, -0.05) is 12.1 Å². The lowest BCUT2D eigenvalue weighted by atomic mass is 10.0. The van der Waals surface area contributed by atoms with Gasteiger partial charge in [0.15, 0.2) is 0 Å². The monoisotopic (exact) mass is 306 g/mol. The Morgan fingerprint density at radius 2 is 1.70 bits per heavy atom. The van der Waals surface area contributed by atoms with Crippen LogP contribution in [0.1, 0.15) is 15.9 Å². The molecule has 0 aliphatic carbocycles. The van der Waals surface area contributed by atoms with Crippen molar-refractivity contribution in [2.45, 2.75) is 0 Å². The molecule has 0 unspecified atom stereocenters. The molecule has 0 bridgehead atoms. The van der Waals surface area contributed by atoms with Gasteiger partial charge in [0, 0.05) is 25.3 Å². The molecule has 0 amide bonds. The van der Waals surface area contributed by atoms with Crippen LogP contribution in [0.4, 0.5) is 5.69 Å². The van der Waals surface area contributed by atoms with Crippen LogP contribution in [-0.2, 0) is 0 Å². The Hall–Kier alpha value is -3.06. The van der Waals surface area contributed by atoms with E-state index in [4.69, 9.17) is 4.74 Å². The van der Waals surface area contributed by atoms with E-state index < -0.39 is 0 Å². The summed E-state index contributed by atoms with van der Waals surface area (Å²) in [5.41, 5.74) is 2.44. The molecule has 116 valence electrons. The highest BCUT2D eigenvalue weighted by Gasteiger charge is 2.12. The third-order valence-electron chi connectivity index (χ3n) is 3.44. The van der Waals surface area contributed by atoms with Gasteiger partial charge >= 0.3 is 0 Å². The summed E-state index contributed by atoms with van der Waals surface area (Å²) in [6.07, 6.45) is 1.60. The summed E-state index contributed by atoms with van der Waals surface area (Å²) in [5.74, 6) is 0.371. The Kier molecular flexibility index (Phi) is 5.16. The highest BCUT2D eigenvalue weighted by Crippen LogP contribution is 2.18. The summed E-state index contributed by atoms with van der Waals surface area (Å²) in [4.78, 5) is 14.4. The zero-order valence-corrected chi connectivity index (χ0v) is 13.4. The molecule has 0 heterocycles. The number of hydrogen-bond acceptors (Lipinski definition) is 4. The van der Waals surface area contributed by atoms with Crippen LogP contribution in [0.25, 0.3) is 6.08 Å². The average Bonchev–Trinajstić information content (AvgIpc) is 2.59. The Balaban J connectivity index is 2.26. The van der Waals surface area contributed by atoms with Gasteiger partial charge in [0.1, 0.15) is 17.4 Å². The predicted octanol–water partition coefficient (Wildman–Crippen LogP) is 3.55. The maximum atomic E-state index is 12.4. The third kappa shape index (κ3) is 3.98. The fourth-order valence-electron chi connectivity index (χ4n) is 2.08. The van der Waals surface area contributed by atoms with E-state index in [9.17, 15) is 10.1 Å². The van der Waals surface area contributed by atoms with E-state index in [1.54, 1.807) is 37.5 Å². The molecule has 0 saturated carbocycles. The smallest absolute Gasteiger partial charge is 0.203 e. The lowest BCUT2D eigenvalue weighted by molar-refractivity contribution is 0.104. The number of benzene rings is 2. The van der Waals surface area contributed by atoms with Gasteiger partial charge in [-0.2, -0.15) is 5.26 Å². The van der Waals surface area contributed by atoms with E-state index in [1.807, 2.05) is 49.3 Å². The zero-order valence-electron chi connectivity index (χ0n) is 13.4. The van der Waals surface area contributed by atoms with E-state index in [-0.39, 0.29) is 11.4 Å². The van der Waals surface area contributed by atoms with Gasteiger partial charge < -0.3 is 9.64 Å². The van der Waals surface area contributed by atoms with Crippen molar-refractivity contribution in [3.05, 3.63) is 65.2 Å². The molecule has 4 heteroatoms. The maximum absolute atomic E-state index is 12.4. The number of allylic oxidation sites excluding steroid dienone is 1. The van der Waals surface area contributed by atoms with Gasteiger partial charge in [-0.15, -0.1) is 0 Å². The van der Waals surface area contributed by atoms with Crippen molar-refractivity contribution < 1.29 is 9.53 Å². The summed E-state index contributed by atoms with van der Waals surface area (Å²) in [6.45, 7) is 0. The number of rotatable bonds is 5. The Labute approximate surface area is 136 Å². The lowest BCUT2D eigenvalue weighted by Gasteiger charge is -2.11. The normalized spacial score (nSPS) is 10.8. The Morgan fingerprint density at radius 3 is 2.17 bits per heavy atom. The van der Waals surface area contributed by atoms with Crippen LogP contribution in [-0.4, -0.2) is 27.0 Å². The van der Waals surface area contributed by atoms with Crippen LogP contribution in [0.2, 0.25) is 0 Å². The summed E-state index contributed by atoms with van der Waals surface area (Å²) < 4.78 is 5.07. The maximum Gasteiger partial charge on any atom is 0.203 e. The van der Waals surface area contributed by atoms with Gasteiger partial charge in [0.2, 0.25) is 5.78 Å². The van der Waals surface area contributed by atoms with E-state index in [1.165, 1.54) is 0 Å². The number of Topliss-reactive ketones (excluding diaryl/α,β-unsaturated/α-hetero) is 1. The number of carbonyl (C=O) groups excluding carboxylic acids is 1. The molecule has 0 aliphatic rings. The van der Waals surface area contributed by atoms with Gasteiger partial charge in [0.05, 0.1) is 7.11 Å². The first-order valence-corrected chi connectivity index (χ1v) is 7.13. The molecule has 23 heavy (non-hydrogen) atoms. The van der Waals surface area contributed by atoms with Crippen LogP contribution in [0.5, 0.6) is 5.75 Å². The van der Waals surface area contributed by atoms with Gasteiger partial charge in [-0.3, -0.25) is 4.79 Å². The fourth-order valence-corrected chi connectivity index (χ4v) is 2.08. The molecule has 0 saturated heterocycles. The molecule has 0 atom stereocenters. The fraction of sp³-hybridized carbons (Fsp3) is 0.158. The van der Waals surface area contributed by atoms with Crippen LogP contribution in [0.3, 0.4) is 0 Å². The number of hydrogen-bond donors (Lipinski definition) is 0. The molecule has 0 N–H and O–H groups in total. The number of anilines is 1. The molecule has 2 rings (SSSR count). The highest BCUT2D eigenvalue weighted by atomic mass is 16.5. The quantitative estimate of drug-likeness (QED) is 0.481. The van der Waals surface area contributed by atoms with Gasteiger partial charge in [-0.25, -0.2) is 0 Å². The van der Waals surface area contributed by atoms with Crippen molar-refractivity contribution in [3.63, 3.8) is 0 Å². The number of ether oxygens (including phenoxy) is 1. The lowest BCUT2D eigenvalue weighted by Crippen LogP contribution is -2.08. The standard InChI is InChI=1S/C19H18N2O2/c1-21(2)17-8-4-14(5-9-17)12-16(13-20)19(22)15-6-10-18(23-3)11-7-15/h4-12H,1-3H3/b16-12+. The average molecular weight is 306 g/mol. The minimum Gasteiger partial charge on any atom is -0.497 e. The summed E-state index contributed by atoms with van der Waals surface area (Å²) in [6, 6.07) is 16.4. The number of ketones is 1. The number of nitrogens with zero attached hydrogens (tertiary/aromatic N) is 2. The summed E-state index contributed by atoms with van der Waals surface area (Å²) in [5, 5.41) is 9.29. The van der Waals surface area contributed by atoms with Crippen LogP contribution in [0.15, 0.2) is 54.1 Å². The molecule has 4 nitrogen and oxygen atoms in total. The first-order chi connectivity index (χ1) is 11.0. The minimum absolute atomic E-state index is 0.104. The predicted molar refractivity (Wildman–Crippen MR) is 91.7 cm³/mol. The van der Waals surface area contributed by atoms with Gasteiger partial charge in [0.25, 0.3) is 0 Å². The second-order valence-corrected chi connectivity index (χ2v) is 5.21. The molecular weight excluding hydrogens is 288 g/mol. The minimum atomic E-state index is -0.299. The molecule has 0 spiro atoms. The van der Waals surface area contributed by atoms with Crippen LogP contribution < -0.4 is 9.64 Å². The van der Waals surface area contributed by atoms with Crippen LogP contribution >= 0.6 is 0 Å². The van der Waals surface area contributed by atoms with Gasteiger partial charge in [-0.05, 0) is 48.0 Å². The second-order valence-electron chi connectivity index (χ2n) is 5.21. The largest absolute Gasteiger partial charge is 0.497 e. The molecule has 2 aromatic rings. The van der Waals surface area contributed by atoms with Crippen LogP contribution in [0, 0.1) is 11.3 Å². The van der Waals surface area contributed by atoms with Crippen molar-refractivity contribution in [1.29, 1.82) is 5.26 Å². The number of carbonyl (C=O) groups is 1. The van der Waals surface area contributed by atoms with E-state index in [2.05, 4.69) is 0 Å². The third-order valence-corrected chi connectivity index (χ3v) is 3.44. The SMILES string of the molecule is COc1ccc(C(=O)/C(C#N)=C/c2ccc(N(C)C)cc2)cc1. The van der Waals surface area contributed by atoms with E-state index in [0.29, 0.717) is 11.3 Å². The molecule has 0 aliphatic heterocycles. The van der Waals surface area contributed by atoms with Crippen molar-refractivity contribution in [2.75, 3.05) is 26.1 Å². The van der Waals surface area contributed by atoms with Crippen molar-refractivity contribution in [2.24, 2.45) is 0 Å². The number of nitriles is 1. The Morgan fingerprint density at radius 1 is 1.09 bits per heavy atom. The summed E-state index contributed by atoms with van der Waals surface area (Å²) >= 11 is 0. The van der Waals surface area contributed by atoms with Crippen molar-refractivity contribution in [3.8, 4) is 11.8 Å². The zero-order chi connectivity index (χ0) is 16.8. The molecule has 2 aromatic carbocycles. The van der Waals surface area contributed by atoms with Crippen molar-refractivity contribution in [1.82, 2.24) is 0 Å². The molecule has 0 radical (unpaired) electrons. The highest BCUT2D eigenvalue weighted by molar-refractivity contribution is 6.14. The van der Waals surface area contributed by atoms with E-state index in [0.717, 1.165) is 11.3 Å².